The standard InChI is InChI=1S/C17H19N5OS/c1-12(2)22-16(20-11-21-22)13-3-5-14(6-4-13)17(23)19-8-7-15-18-9-10-24-15/h3-6,9-12H,7-8H2,1-2H3,(H,19,23). The maximum Gasteiger partial charge on any atom is 0.251 e. The summed E-state index contributed by atoms with van der Waals surface area (Å²) in [6, 6.07) is 7.66. The highest BCUT2D eigenvalue weighted by atomic mass is 32.1. The Morgan fingerprint density at radius 3 is 2.71 bits per heavy atom. The van der Waals surface area contributed by atoms with Crippen molar-refractivity contribution in [3.05, 3.63) is 52.7 Å². The lowest BCUT2D eigenvalue weighted by molar-refractivity contribution is 0.0954. The van der Waals surface area contributed by atoms with Crippen LogP contribution in [0.5, 0.6) is 0 Å². The van der Waals surface area contributed by atoms with Crippen molar-refractivity contribution < 1.29 is 4.79 Å². The lowest BCUT2D eigenvalue weighted by atomic mass is 10.1. The Labute approximate surface area is 144 Å². The van der Waals surface area contributed by atoms with Crippen molar-refractivity contribution in [3.8, 4) is 11.4 Å². The lowest BCUT2D eigenvalue weighted by Gasteiger charge is -2.10. The number of amides is 1. The molecule has 24 heavy (non-hydrogen) atoms. The minimum atomic E-state index is -0.0802. The number of carbonyl (C=O) groups is 1. The highest BCUT2D eigenvalue weighted by Gasteiger charge is 2.11. The summed E-state index contributed by atoms with van der Waals surface area (Å²) in [6.45, 7) is 4.70. The van der Waals surface area contributed by atoms with Crippen LogP contribution in [0.3, 0.4) is 0 Å². The number of nitrogens with one attached hydrogen (secondary N) is 1. The predicted octanol–water partition coefficient (Wildman–Crippen LogP) is 2.96. The second kappa shape index (κ2) is 7.35. The van der Waals surface area contributed by atoms with Gasteiger partial charge in [0.05, 0.1) is 5.01 Å². The lowest BCUT2D eigenvalue weighted by Crippen LogP contribution is -2.25. The minimum Gasteiger partial charge on any atom is -0.352 e. The molecule has 0 unspecified atom stereocenters. The van der Waals surface area contributed by atoms with Gasteiger partial charge in [-0.2, -0.15) is 5.10 Å². The second-order valence-electron chi connectivity index (χ2n) is 5.63. The maximum atomic E-state index is 12.2. The van der Waals surface area contributed by atoms with Crippen molar-refractivity contribution in [1.82, 2.24) is 25.1 Å². The Bertz CT molecular complexity index is 793. The number of hydrogen-bond donors (Lipinski definition) is 1. The molecule has 0 radical (unpaired) electrons. The van der Waals surface area contributed by atoms with E-state index in [1.54, 1.807) is 23.9 Å². The quantitative estimate of drug-likeness (QED) is 0.748. The molecule has 1 amide bonds. The zero-order chi connectivity index (χ0) is 16.9. The number of thiazole rings is 1. The van der Waals surface area contributed by atoms with Crippen molar-refractivity contribution in [1.29, 1.82) is 0 Å². The summed E-state index contributed by atoms with van der Waals surface area (Å²) in [5, 5.41) is 10.1. The summed E-state index contributed by atoms with van der Waals surface area (Å²) in [5.41, 5.74) is 1.58. The van der Waals surface area contributed by atoms with Crippen LogP contribution >= 0.6 is 11.3 Å². The molecule has 2 aromatic heterocycles. The monoisotopic (exact) mass is 341 g/mol. The van der Waals surface area contributed by atoms with Crippen LogP contribution in [-0.4, -0.2) is 32.2 Å². The average molecular weight is 341 g/mol. The van der Waals surface area contributed by atoms with Gasteiger partial charge in [-0.1, -0.05) is 12.1 Å². The summed E-state index contributed by atoms with van der Waals surface area (Å²) < 4.78 is 1.86. The molecule has 7 heteroatoms. The number of aromatic nitrogens is 4. The number of rotatable bonds is 6. The Morgan fingerprint density at radius 1 is 1.25 bits per heavy atom. The molecule has 0 atom stereocenters. The third-order valence-electron chi connectivity index (χ3n) is 3.58. The largest absolute Gasteiger partial charge is 0.352 e. The van der Waals surface area contributed by atoms with Crippen LogP contribution < -0.4 is 5.32 Å². The van der Waals surface area contributed by atoms with E-state index in [9.17, 15) is 4.79 Å². The van der Waals surface area contributed by atoms with E-state index in [4.69, 9.17) is 0 Å². The van der Waals surface area contributed by atoms with Gasteiger partial charge in [0.25, 0.3) is 5.91 Å². The van der Waals surface area contributed by atoms with Crippen molar-refractivity contribution in [2.45, 2.75) is 26.3 Å². The highest BCUT2D eigenvalue weighted by molar-refractivity contribution is 7.09. The molecule has 0 fully saturated rings. The Hall–Kier alpha value is -2.54. The van der Waals surface area contributed by atoms with Crippen LogP contribution in [-0.2, 0) is 6.42 Å². The molecule has 0 aliphatic rings. The molecule has 2 heterocycles. The molecule has 6 nitrogen and oxygen atoms in total. The zero-order valence-corrected chi connectivity index (χ0v) is 14.5. The molecule has 1 N–H and O–H groups in total. The maximum absolute atomic E-state index is 12.2. The molecule has 3 rings (SSSR count). The molecule has 3 aromatic rings. The second-order valence-corrected chi connectivity index (χ2v) is 6.61. The summed E-state index contributed by atoms with van der Waals surface area (Å²) in [4.78, 5) is 20.7. The van der Waals surface area contributed by atoms with E-state index in [0.29, 0.717) is 12.1 Å². The van der Waals surface area contributed by atoms with Gasteiger partial charge in [0, 0.05) is 41.7 Å². The fourth-order valence-corrected chi connectivity index (χ4v) is 2.99. The van der Waals surface area contributed by atoms with E-state index in [2.05, 4.69) is 34.2 Å². The smallest absolute Gasteiger partial charge is 0.251 e. The van der Waals surface area contributed by atoms with Gasteiger partial charge >= 0.3 is 0 Å². The van der Waals surface area contributed by atoms with E-state index >= 15 is 0 Å². The topological polar surface area (TPSA) is 72.7 Å². The van der Waals surface area contributed by atoms with Crippen LogP contribution in [0.25, 0.3) is 11.4 Å². The first-order chi connectivity index (χ1) is 11.6. The fraction of sp³-hybridized carbons (Fsp3) is 0.294. The first kappa shape index (κ1) is 16.3. The SMILES string of the molecule is CC(C)n1ncnc1-c1ccc(C(=O)NCCc2nccs2)cc1. The van der Waals surface area contributed by atoms with Crippen LogP contribution in [0.1, 0.15) is 35.3 Å². The fourth-order valence-electron chi connectivity index (χ4n) is 2.37. The van der Waals surface area contributed by atoms with Crippen molar-refractivity contribution in [2.24, 2.45) is 0 Å². The van der Waals surface area contributed by atoms with E-state index in [-0.39, 0.29) is 11.9 Å². The summed E-state index contributed by atoms with van der Waals surface area (Å²) >= 11 is 1.60. The third-order valence-corrected chi connectivity index (χ3v) is 4.41. The molecule has 124 valence electrons. The van der Waals surface area contributed by atoms with Crippen LogP contribution in [0.4, 0.5) is 0 Å². The highest BCUT2D eigenvalue weighted by Crippen LogP contribution is 2.20. The van der Waals surface area contributed by atoms with Gasteiger partial charge in [0.1, 0.15) is 6.33 Å². The van der Waals surface area contributed by atoms with Crippen molar-refractivity contribution in [2.75, 3.05) is 6.54 Å². The van der Waals surface area contributed by atoms with Crippen molar-refractivity contribution >= 4 is 17.2 Å². The Kier molecular flexibility index (Phi) is 5.00. The van der Waals surface area contributed by atoms with Gasteiger partial charge < -0.3 is 5.32 Å². The third kappa shape index (κ3) is 3.68. The summed E-state index contributed by atoms with van der Waals surface area (Å²) in [7, 11) is 0. The summed E-state index contributed by atoms with van der Waals surface area (Å²) in [5.74, 6) is 0.726. The molecule has 0 spiro atoms. The molecular weight excluding hydrogens is 322 g/mol. The minimum absolute atomic E-state index is 0.0802. The van der Waals surface area contributed by atoms with Gasteiger partial charge in [0.15, 0.2) is 5.82 Å². The van der Waals surface area contributed by atoms with Gasteiger partial charge in [0.2, 0.25) is 0 Å². The van der Waals surface area contributed by atoms with E-state index in [1.807, 2.05) is 34.3 Å². The van der Waals surface area contributed by atoms with Crippen LogP contribution in [0, 0.1) is 0 Å². The Morgan fingerprint density at radius 2 is 2.04 bits per heavy atom. The first-order valence-corrected chi connectivity index (χ1v) is 8.69. The molecule has 0 bridgehead atoms. The van der Waals surface area contributed by atoms with Gasteiger partial charge in [-0.15, -0.1) is 11.3 Å². The molecule has 0 aliphatic carbocycles. The van der Waals surface area contributed by atoms with E-state index in [0.717, 1.165) is 22.8 Å². The summed E-state index contributed by atoms with van der Waals surface area (Å²) in [6.07, 6.45) is 4.07. The molecule has 1 aromatic carbocycles. The van der Waals surface area contributed by atoms with Gasteiger partial charge in [-0.3, -0.25) is 4.79 Å². The van der Waals surface area contributed by atoms with Crippen LogP contribution in [0.2, 0.25) is 0 Å². The number of nitrogens with zero attached hydrogens (tertiary/aromatic N) is 4. The normalized spacial score (nSPS) is 11.0. The number of hydrogen-bond acceptors (Lipinski definition) is 5. The number of benzene rings is 1. The number of carbonyl (C=O) groups excluding carboxylic acids is 1. The molecule has 0 saturated carbocycles. The van der Waals surface area contributed by atoms with Crippen molar-refractivity contribution in [3.63, 3.8) is 0 Å². The molecular formula is C17H19N5OS. The van der Waals surface area contributed by atoms with Crippen LogP contribution in [0.15, 0.2) is 42.2 Å². The zero-order valence-electron chi connectivity index (χ0n) is 13.6. The Balaban J connectivity index is 1.63. The molecule has 0 aliphatic heterocycles. The van der Waals surface area contributed by atoms with Gasteiger partial charge in [-0.25, -0.2) is 14.6 Å². The van der Waals surface area contributed by atoms with E-state index < -0.39 is 0 Å². The first-order valence-electron chi connectivity index (χ1n) is 7.81. The molecule has 0 saturated heterocycles. The predicted molar refractivity (Wildman–Crippen MR) is 94.0 cm³/mol. The van der Waals surface area contributed by atoms with Gasteiger partial charge in [-0.05, 0) is 26.0 Å². The average Bonchev–Trinajstić information content (AvgIpc) is 3.26. The van der Waals surface area contributed by atoms with E-state index in [1.165, 1.54) is 0 Å².